The Balaban J connectivity index is 2.10. The van der Waals surface area contributed by atoms with Crippen LogP contribution in [0.5, 0.6) is 5.75 Å². The van der Waals surface area contributed by atoms with E-state index in [0.717, 1.165) is 5.69 Å². The average molecular weight is 292 g/mol. The van der Waals surface area contributed by atoms with E-state index in [-0.39, 0.29) is 11.6 Å². The van der Waals surface area contributed by atoms with Crippen LogP contribution < -0.4 is 15.4 Å². The molecule has 0 fully saturated rings. The lowest BCUT2D eigenvalue weighted by Gasteiger charge is -2.24. The fraction of sp³-hybridized carbons (Fsp3) is 0.250. The Morgan fingerprint density at radius 2 is 1.95 bits per heavy atom. The lowest BCUT2D eigenvalue weighted by Crippen LogP contribution is -2.29. The molecule has 112 valence electrons. The standard InChI is InChI=1S/C16H18F2N2O/c1-20(13-5-3-4-12(17)9-13)10-15(19)11-6-7-16(21-2)14(18)8-11/h3-9,15H,10,19H2,1-2H3. The van der Waals surface area contributed by atoms with E-state index in [0.29, 0.717) is 12.1 Å². The number of benzene rings is 2. The molecule has 0 radical (unpaired) electrons. The minimum atomic E-state index is -0.446. The van der Waals surface area contributed by atoms with Crippen LogP contribution in [0.25, 0.3) is 0 Å². The SMILES string of the molecule is COc1ccc(C(N)CN(C)c2cccc(F)c2)cc1F. The van der Waals surface area contributed by atoms with Gasteiger partial charge in [-0.15, -0.1) is 0 Å². The van der Waals surface area contributed by atoms with Crippen molar-refractivity contribution in [1.82, 2.24) is 0 Å². The lowest BCUT2D eigenvalue weighted by molar-refractivity contribution is 0.386. The van der Waals surface area contributed by atoms with Crippen molar-refractivity contribution >= 4 is 5.69 Å². The van der Waals surface area contributed by atoms with Gasteiger partial charge in [-0.25, -0.2) is 8.78 Å². The lowest BCUT2D eigenvalue weighted by atomic mass is 10.1. The van der Waals surface area contributed by atoms with Crippen molar-refractivity contribution in [2.24, 2.45) is 5.73 Å². The summed E-state index contributed by atoms with van der Waals surface area (Å²) in [4.78, 5) is 1.83. The summed E-state index contributed by atoms with van der Waals surface area (Å²) in [7, 11) is 3.23. The molecular weight excluding hydrogens is 274 g/mol. The molecule has 0 amide bonds. The maximum atomic E-state index is 13.7. The number of halogens is 2. The molecule has 0 saturated carbocycles. The molecule has 1 atom stereocenters. The number of anilines is 1. The molecule has 0 aliphatic carbocycles. The predicted molar refractivity (Wildman–Crippen MR) is 79.6 cm³/mol. The summed E-state index contributed by atoms with van der Waals surface area (Å²) in [6, 6.07) is 10.5. The summed E-state index contributed by atoms with van der Waals surface area (Å²) in [6.07, 6.45) is 0. The number of likely N-dealkylation sites (N-methyl/N-ethyl adjacent to an activating group) is 1. The minimum absolute atomic E-state index is 0.185. The molecule has 1 unspecified atom stereocenters. The van der Waals surface area contributed by atoms with Crippen LogP contribution in [-0.4, -0.2) is 20.7 Å². The second-order valence-electron chi connectivity index (χ2n) is 4.86. The Morgan fingerprint density at radius 1 is 1.19 bits per heavy atom. The number of rotatable bonds is 5. The molecule has 21 heavy (non-hydrogen) atoms. The molecule has 2 aromatic carbocycles. The predicted octanol–water partition coefficient (Wildman–Crippen LogP) is 3.11. The summed E-state index contributed by atoms with van der Waals surface area (Å²) in [5.41, 5.74) is 7.47. The van der Waals surface area contributed by atoms with Gasteiger partial charge in [0.25, 0.3) is 0 Å². The van der Waals surface area contributed by atoms with Crippen molar-refractivity contribution in [3.63, 3.8) is 0 Å². The molecule has 0 aliphatic rings. The van der Waals surface area contributed by atoms with E-state index in [1.165, 1.54) is 25.3 Å². The Bertz CT molecular complexity index is 619. The van der Waals surface area contributed by atoms with Crippen LogP contribution >= 0.6 is 0 Å². The van der Waals surface area contributed by atoms with E-state index in [4.69, 9.17) is 10.5 Å². The van der Waals surface area contributed by atoms with Crippen LogP contribution in [-0.2, 0) is 0 Å². The highest BCUT2D eigenvalue weighted by Gasteiger charge is 2.13. The maximum absolute atomic E-state index is 13.7. The van der Waals surface area contributed by atoms with E-state index in [1.54, 1.807) is 24.3 Å². The van der Waals surface area contributed by atoms with Gasteiger partial charge in [0.15, 0.2) is 11.6 Å². The Hall–Kier alpha value is -2.14. The summed E-state index contributed by atoms with van der Waals surface area (Å²) in [5, 5.41) is 0. The van der Waals surface area contributed by atoms with Crippen molar-refractivity contribution in [2.45, 2.75) is 6.04 Å². The zero-order valence-electron chi connectivity index (χ0n) is 12.0. The molecule has 2 N–H and O–H groups in total. The van der Waals surface area contributed by atoms with E-state index in [2.05, 4.69) is 0 Å². The normalized spacial score (nSPS) is 12.0. The third-order valence-electron chi connectivity index (χ3n) is 3.32. The van der Waals surface area contributed by atoms with Crippen LogP contribution in [0.15, 0.2) is 42.5 Å². The third kappa shape index (κ3) is 3.70. The molecule has 0 heterocycles. The molecular formula is C16H18F2N2O. The topological polar surface area (TPSA) is 38.5 Å². The van der Waals surface area contributed by atoms with Crippen LogP contribution in [0.1, 0.15) is 11.6 Å². The highest BCUT2D eigenvalue weighted by molar-refractivity contribution is 5.46. The Kier molecular flexibility index (Phi) is 4.75. The largest absolute Gasteiger partial charge is 0.494 e. The number of nitrogens with two attached hydrogens (primary N) is 1. The number of hydrogen-bond donors (Lipinski definition) is 1. The van der Waals surface area contributed by atoms with Crippen LogP contribution in [0.4, 0.5) is 14.5 Å². The molecule has 3 nitrogen and oxygen atoms in total. The summed E-state index contributed by atoms with van der Waals surface area (Å²) in [6.45, 7) is 0.440. The smallest absolute Gasteiger partial charge is 0.165 e. The highest BCUT2D eigenvalue weighted by atomic mass is 19.1. The fourth-order valence-corrected chi connectivity index (χ4v) is 2.13. The fourth-order valence-electron chi connectivity index (χ4n) is 2.13. The molecule has 0 saturated heterocycles. The van der Waals surface area contributed by atoms with Crippen molar-refractivity contribution in [3.05, 3.63) is 59.7 Å². The number of ether oxygens (including phenoxy) is 1. The number of hydrogen-bond acceptors (Lipinski definition) is 3. The first kappa shape index (κ1) is 15.3. The van der Waals surface area contributed by atoms with Gasteiger partial charge in [0.1, 0.15) is 5.82 Å². The number of methoxy groups -OCH3 is 1. The minimum Gasteiger partial charge on any atom is -0.494 e. The Morgan fingerprint density at radius 3 is 2.57 bits per heavy atom. The Labute approximate surface area is 122 Å². The zero-order chi connectivity index (χ0) is 15.4. The first-order valence-electron chi connectivity index (χ1n) is 6.57. The summed E-state index contributed by atoms with van der Waals surface area (Å²) in [5.74, 6) is -0.563. The average Bonchev–Trinajstić information content (AvgIpc) is 2.47. The van der Waals surface area contributed by atoms with E-state index < -0.39 is 11.9 Å². The summed E-state index contributed by atoms with van der Waals surface area (Å²) < 4.78 is 31.8. The zero-order valence-corrected chi connectivity index (χ0v) is 12.0. The van der Waals surface area contributed by atoms with Crippen molar-refractivity contribution < 1.29 is 13.5 Å². The van der Waals surface area contributed by atoms with Crippen molar-refractivity contribution in [3.8, 4) is 5.75 Å². The van der Waals surface area contributed by atoms with Gasteiger partial charge in [0, 0.05) is 25.3 Å². The first-order chi connectivity index (χ1) is 10.0. The van der Waals surface area contributed by atoms with Crippen LogP contribution in [0.3, 0.4) is 0 Å². The molecule has 0 spiro atoms. The third-order valence-corrected chi connectivity index (χ3v) is 3.32. The van der Waals surface area contributed by atoms with E-state index >= 15 is 0 Å². The molecule has 2 aromatic rings. The van der Waals surface area contributed by atoms with Gasteiger partial charge in [-0.3, -0.25) is 0 Å². The van der Waals surface area contributed by atoms with Gasteiger partial charge in [0.2, 0.25) is 0 Å². The monoisotopic (exact) mass is 292 g/mol. The van der Waals surface area contributed by atoms with Gasteiger partial charge >= 0.3 is 0 Å². The molecule has 0 aromatic heterocycles. The van der Waals surface area contributed by atoms with E-state index in [1.807, 2.05) is 11.9 Å². The second kappa shape index (κ2) is 6.54. The van der Waals surface area contributed by atoms with Crippen LogP contribution in [0, 0.1) is 11.6 Å². The quantitative estimate of drug-likeness (QED) is 0.920. The molecule has 5 heteroatoms. The van der Waals surface area contributed by atoms with E-state index in [9.17, 15) is 8.78 Å². The number of nitrogens with zero attached hydrogens (tertiary/aromatic N) is 1. The van der Waals surface area contributed by atoms with Crippen molar-refractivity contribution in [2.75, 3.05) is 25.6 Å². The highest BCUT2D eigenvalue weighted by Crippen LogP contribution is 2.22. The van der Waals surface area contributed by atoms with Gasteiger partial charge in [-0.2, -0.15) is 0 Å². The molecule has 2 rings (SSSR count). The van der Waals surface area contributed by atoms with Crippen LogP contribution in [0.2, 0.25) is 0 Å². The first-order valence-corrected chi connectivity index (χ1v) is 6.57. The summed E-state index contributed by atoms with van der Waals surface area (Å²) >= 11 is 0. The molecule has 0 aliphatic heterocycles. The van der Waals surface area contributed by atoms with Gasteiger partial charge in [-0.05, 0) is 35.9 Å². The van der Waals surface area contributed by atoms with Crippen molar-refractivity contribution in [1.29, 1.82) is 0 Å². The van der Waals surface area contributed by atoms with Gasteiger partial charge < -0.3 is 15.4 Å². The van der Waals surface area contributed by atoms with Gasteiger partial charge in [0.05, 0.1) is 7.11 Å². The van der Waals surface area contributed by atoms with Gasteiger partial charge in [-0.1, -0.05) is 12.1 Å². The maximum Gasteiger partial charge on any atom is 0.165 e. The second-order valence-corrected chi connectivity index (χ2v) is 4.86. The molecule has 0 bridgehead atoms.